The molecule has 1 aliphatic heterocycles. The lowest BCUT2D eigenvalue weighted by Gasteiger charge is -2.39. The number of hydrogen-bond donors (Lipinski definition) is 1. The number of nitrogens with zero attached hydrogens (tertiary/aromatic N) is 1. The number of amides is 1. The predicted octanol–water partition coefficient (Wildman–Crippen LogP) is 1.71. The highest BCUT2D eigenvalue weighted by Gasteiger charge is 2.45. The minimum Gasteiger partial charge on any atom is -0.378 e. The minimum absolute atomic E-state index is 0.138. The van der Waals surface area contributed by atoms with Crippen LogP contribution in [-0.2, 0) is 4.74 Å². The summed E-state index contributed by atoms with van der Waals surface area (Å²) in [5.74, 6) is 1.35. The molecule has 18 heavy (non-hydrogen) atoms. The summed E-state index contributed by atoms with van der Waals surface area (Å²) >= 11 is 0. The van der Waals surface area contributed by atoms with Crippen molar-refractivity contribution >= 4 is 5.91 Å². The second-order valence-corrected chi connectivity index (χ2v) is 5.45. The van der Waals surface area contributed by atoms with Crippen LogP contribution >= 0.6 is 0 Å². The van der Waals surface area contributed by atoms with Gasteiger partial charge >= 0.3 is 0 Å². The summed E-state index contributed by atoms with van der Waals surface area (Å²) < 4.78 is 10.7. The molecule has 1 aromatic rings. The van der Waals surface area contributed by atoms with Gasteiger partial charge in [0.1, 0.15) is 5.76 Å². The molecule has 5 nitrogen and oxygen atoms in total. The molecule has 0 radical (unpaired) electrons. The van der Waals surface area contributed by atoms with Gasteiger partial charge in [-0.3, -0.25) is 4.79 Å². The zero-order valence-corrected chi connectivity index (χ0v) is 10.7. The smallest absolute Gasteiger partial charge is 0.273 e. The van der Waals surface area contributed by atoms with E-state index in [9.17, 15) is 4.79 Å². The lowest BCUT2D eigenvalue weighted by atomic mass is 9.76. The van der Waals surface area contributed by atoms with E-state index in [1.807, 2.05) is 13.8 Å². The van der Waals surface area contributed by atoms with E-state index in [2.05, 4.69) is 10.5 Å². The maximum absolute atomic E-state index is 12.0. The van der Waals surface area contributed by atoms with Gasteiger partial charge in [0.2, 0.25) is 0 Å². The molecule has 2 fully saturated rings. The van der Waals surface area contributed by atoms with Crippen molar-refractivity contribution in [2.24, 2.45) is 5.92 Å². The first-order valence-electron chi connectivity index (χ1n) is 6.54. The molecule has 98 valence electrons. The Hall–Kier alpha value is -1.36. The summed E-state index contributed by atoms with van der Waals surface area (Å²) in [6.07, 6.45) is 2.33. The standard InChI is InChI=1S/C13H18N2O3/c1-7(2)11-6-10(15-18-11)13(16)14-9-5-12-8(9)3-4-17-12/h6-9,12H,3-5H2,1-2H3,(H,14,16)/t8-,9-,12+/m1/s1. The van der Waals surface area contributed by atoms with Crippen molar-refractivity contribution in [2.75, 3.05) is 6.61 Å². The van der Waals surface area contributed by atoms with Crippen molar-refractivity contribution in [3.8, 4) is 0 Å². The second kappa shape index (κ2) is 4.39. The van der Waals surface area contributed by atoms with Gasteiger partial charge in [0.05, 0.1) is 6.10 Å². The highest BCUT2D eigenvalue weighted by atomic mass is 16.5. The van der Waals surface area contributed by atoms with E-state index in [1.165, 1.54) is 0 Å². The molecule has 2 heterocycles. The molecule has 1 aliphatic carbocycles. The SMILES string of the molecule is CC(C)c1cc(C(=O)N[C@@H]2C[C@@H]3OCC[C@@H]32)no1. The third kappa shape index (κ3) is 1.92. The molecule has 1 N–H and O–H groups in total. The van der Waals surface area contributed by atoms with E-state index in [4.69, 9.17) is 9.26 Å². The van der Waals surface area contributed by atoms with Gasteiger partial charge < -0.3 is 14.6 Å². The Balaban J connectivity index is 1.61. The molecule has 5 heteroatoms. The van der Waals surface area contributed by atoms with Crippen LogP contribution in [0.5, 0.6) is 0 Å². The topological polar surface area (TPSA) is 64.4 Å². The average Bonchev–Trinajstić information content (AvgIpc) is 2.92. The van der Waals surface area contributed by atoms with Crippen LogP contribution < -0.4 is 5.32 Å². The number of hydrogen-bond acceptors (Lipinski definition) is 4. The largest absolute Gasteiger partial charge is 0.378 e. The highest BCUT2D eigenvalue weighted by Crippen LogP contribution is 2.38. The summed E-state index contributed by atoms with van der Waals surface area (Å²) in [4.78, 5) is 12.0. The number of aromatic nitrogens is 1. The number of rotatable bonds is 3. The van der Waals surface area contributed by atoms with Gasteiger partial charge in [0.25, 0.3) is 5.91 Å². The lowest BCUT2D eigenvalue weighted by Crippen LogP contribution is -2.53. The van der Waals surface area contributed by atoms with Gasteiger partial charge in [0, 0.05) is 30.6 Å². The predicted molar refractivity (Wildman–Crippen MR) is 64.3 cm³/mol. The summed E-state index contributed by atoms with van der Waals surface area (Å²) in [7, 11) is 0. The zero-order valence-electron chi connectivity index (χ0n) is 10.7. The maximum atomic E-state index is 12.0. The van der Waals surface area contributed by atoms with Crippen molar-refractivity contribution in [3.63, 3.8) is 0 Å². The molecular formula is C13H18N2O3. The fourth-order valence-corrected chi connectivity index (χ4v) is 2.67. The van der Waals surface area contributed by atoms with E-state index in [-0.39, 0.29) is 17.9 Å². The molecule has 1 saturated heterocycles. The van der Waals surface area contributed by atoms with Gasteiger partial charge in [-0.25, -0.2) is 0 Å². The van der Waals surface area contributed by atoms with Crippen LogP contribution in [0.4, 0.5) is 0 Å². The molecule has 2 aliphatic rings. The van der Waals surface area contributed by atoms with E-state index in [0.717, 1.165) is 25.2 Å². The fraction of sp³-hybridized carbons (Fsp3) is 0.692. The Morgan fingerprint density at radius 1 is 1.56 bits per heavy atom. The summed E-state index contributed by atoms with van der Waals surface area (Å²) in [5, 5.41) is 6.83. The first-order chi connectivity index (χ1) is 8.65. The van der Waals surface area contributed by atoms with Crippen molar-refractivity contribution in [1.82, 2.24) is 10.5 Å². The Morgan fingerprint density at radius 3 is 3.06 bits per heavy atom. The highest BCUT2D eigenvalue weighted by molar-refractivity contribution is 5.92. The van der Waals surface area contributed by atoms with Crippen molar-refractivity contribution in [1.29, 1.82) is 0 Å². The maximum Gasteiger partial charge on any atom is 0.273 e. The number of nitrogens with one attached hydrogen (secondary N) is 1. The van der Waals surface area contributed by atoms with E-state index in [1.54, 1.807) is 6.07 Å². The molecule has 1 saturated carbocycles. The van der Waals surface area contributed by atoms with Crippen LogP contribution in [-0.4, -0.2) is 29.8 Å². The van der Waals surface area contributed by atoms with Crippen molar-refractivity contribution < 1.29 is 14.1 Å². The van der Waals surface area contributed by atoms with Gasteiger partial charge in [0.15, 0.2) is 5.69 Å². The quantitative estimate of drug-likeness (QED) is 0.887. The number of fused-ring (bicyclic) bond motifs is 1. The molecular weight excluding hydrogens is 232 g/mol. The summed E-state index contributed by atoms with van der Waals surface area (Å²) in [6, 6.07) is 1.96. The Bertz CT molecular complexity index is 455. The molecule has 3 atom stereocenters. The summed E-state index contributed by atoms with van der Waals surface area (Å²) in [5.41, 5.74) is 0.376. The normalized spacial score (nSPS) is 30.1. The molecule has 3 rings (SSSR count). The van der Waals surface area contributed by atoms with Crippen LogP contribution in [0.25, 0.3) is 0 Å². The Labute approximate surface area is 106 Å². The van der Waals surface area contributed by atoms with Crippen LogP contribution in [0.15, 0.2) is 10.6 Å². The van der Waals surface area contributed by atoms with Gasteiger partial charge in [-0.05, 0) is 12.8 Å². The van der Waals surface area contributed by atoms with Gasteiger partial charge in [-0.15, -0.1) is 0 Å². The molecule has 0 unspecified atom stereocenters. The molecule has 1 amide bonds. The van der Waals surface area contributed by atoms with Crippen LogP contribution in [0.2, 0.25) is 0 Å². The molecule has 0 aromatic carbocycles. The van der Waals surface area contributed by atoms with E-state index >= 15 is 0 Å². The fourth-order valence-electron chi connectivity index (χ4n) is 2.67. The Kier molecular flexibility index (Phi) is 2.86. The van der Waals surface area contributed by atoms with Gasteiger partial charge in [-0.1, -0.05) is 19.0 Å². The molecule has 1 aromatic heterocycles. The van der Waals surface area contributed by atoms with Crippen molar-refractivity contribution in [3.05, 3.63) is 17.5 Å². The third-order valence-corrected chi connectivity index (χ3v) is 3.91. The monoisotopic (exact) mass is 250 g/mol. The molecule has 0 spiro atoms. The first-order valence-corrected chi connectivity index (χ1v) is 6.54. The second-order valence-electron chi connectivity index (χ2n) is 5.45. The number of ether oxygens (including phenoxy) is 1. The zero-order chi connectivity index (χ0) is 12.7. The van der Waals surface area contributed by atoms with Gasteiger partial charge in [-0.2, -0.15) is 0 Å². The van der Waals surface area contributed by atoms with Crippen LogP contribution in [0, 0.1) is 5.92 Å². The van der Waals surface area contributed by atoms with E-state index in [0.29, 0.717) is 17.7 Å². The third-order valence-electron chi connectivity index (χ3n) is 3.91. The first kappa shape index (κ1) is 11.7. The number of carbonyl (C=O) groups excluding carboxylic acids is 1. The van der Waals surface area contributed by atoms with Crippen LogP contribution in [0.1, 0.15) is 48.9 Å². The van der Waals surface area contributed by atoms with Crippen molar-refractivity contribution in [2.45, 2.75) is 44.8 Å². The minimum atomic E-state index is -0.138. The molecule has 0 bridgehead atoms. The van der Waals surface area contributed by atoms with E-state index < -0.39 is 0 Å². The Morgan fingerprint density at radius 2 is 2.39 bits per heavy atom. The average molecular weight is 250 g/mol. The summed E-state index contributed by atoms with van der Waals surface area (Å²) in [6.45, 7) is 4.84. The lowest BCUT2D eigenvalue weighted by molar-refractivity contribution is 0.00798. The number of carbonyl (C=O) groups is 1. The van der Waals surface area contributed by atoms with Crippen LogP contribution in [0.3, 0.4) is 0 Å².